The van der Waals surface area contributed by atoms with E-state index in [4.69, 9.17) is 21.1 Å². The number of H-pyrrole nitrogens is 1. The largest absolute Gasteiger partial charge is 0.487 e. The van der Waals surface area contributed by atoms with Crippen molar-refractivity contribution in [1.82, 2.24) is 9.88 Å². The molecule has 3 aromatic rings. The smallest absolute Gasteiger partial charge is 0.410 e. The van der Waals surface area contributed by atoms with Crippen molar-refractivity contribution in [2.24, 2.45) is 0 Å². The van der Waals surface area contributed by atoms with Gasteiger partial charge in [0.25, 0.3) is 0 Å². The van der Waals surface area contributed by atoms with Crippen molar-refractivity contribution in [2.45, 2.75) is 45.9 Å². The first-order valence-corrected chi connectivity index (χ1v) is 10.3. The average molecular weight is 431 g/mol. The topological polar surface area (TPSA) is 54.6 Å². The minimum Gasteiger partial charge on any atom is -0.487 e. The fourth-order valence-electron chi connectivity index (χ4n) is 3.63. The Morgan fingerprint density at radius 3 is 2.80 bits per heavy atom. The molecule has 1 N–H and O–H groups in total. The third-order valence-corrected chi connectivity index (χ3v) is 5.26. The third kappa shape index (κ3) is 4.24. The molecular formula is C23H24ClFN2O3. The number of aromatic amines is 1. The highest BCUT2D eigenvalue weighted by atomic mass is 35.5. The molecule has 5 nitrogen and oxygen atoms in total. The fraction of sp³-hybridized carbons (Fsp3) is 0.348. The number of rotatable bonds is 3. The molecule has 4 rings (SSSR count). The Morgan fingerprint density at radius 1 is 1.27 bits per heavy atom. The molecule has 0 atom stereocenters. The van der Waals surface area contributed by atoms with Gasteiger partial charge in [-0.05, 0) is 51.0 Å². The van der Waals surface area contributed by atoms with Crippen molar-refractivity contribution >= 4 is 28.6 Å². The first kappa shape index (κ1) is 20.5. The predicted molar refractivity (Wildman–Crippen MR) is 114 cm³/mol. The molecule has 7 heteroatoms. The third-order valence-electron chi connectivity index (χ3n) is 5.02. The summed E-state index contributed by atoms with van der Waals surface area (Å²) in [6.45, 7) is 6.71. The second-order valence-electron chi connectivity index (χ2n) is 8.44. The highest BCUT2D eigenvalue weighted by Gasteiger charge is 2.28. The van der Waals surface area contributed by atoms with Crippen molar-refractivity contribution in [2.75, 3.05) is 6.54 Å². The molecule has 1 amide bonds. The van der Waals surface area contributed by atoms with E-state index >= 15 is 0 Å². The van der Waals surface area contributed by atoms with E-state index in [-0.39, 0.29) is 12.7 Å². The van der Waals surface area contributed by atoms with Crippen LogP contribution in [0.2, 0.25) is 5.02 Å². The number of fused-ring (bicyclic) bond motifs is 3. The quantitative estimate of drug-likeness (QED) is 0.568. The van der Waals surface area contributed by atoms with Gasteiger partial charge in [0.15, 0.2) is 0 Å². The number of carbonyl (C=O) groups is 1. The summed E-state index contributed by atoms with van der Waals surface area (Å²) in [7, 11) is 0. The van der Waals surface area contributed by atoms with Crippen LogP contribution in [0.3, 0.4) is 0 Å². The van der Waals surface area contributed by atoms with Crippen LogP contribution in [0, 0.1) is 5.82 Å². The van der Waals surface area contributed by atoms with Crippen LogP contribution in [0.25, 0.3) is 10.9 Å². The van der Waals surface area contributed by atoms with Crippen LogP contribution >= 0.6 is 11.6 Å². The maximum absolute atomic E-state index is 14.1. The van der Waals surface area contributed by atoms with Gasteiger partial charge in [-0.1, -0.05) is 29.8 Å². The summed E-state index contributed by atoms with van der Waals surface area (Å²) in [6, 6.07) is 10.3. The van der Waals surface area contributed by atoms with Gasteiger partial charge in [-0.3, -0.25) is 0 Å². The van der Waals surface area contributed by atoms with Gasteiger partial charge < -0.3 is 19.4 Å². The van der Waals surface area contributed by atoms with Crippen LogP contribution in [0.1, 0.15) is 37.6 Å². The van der Waals surface area contributed by atoms with Crippen LogP contribution in [-0.4, -0.2) is 28.1 Å². The molecule has 0 fully saturated rings. The number of halogens is 2. The van der Waals surface area contributed by atoms with Gasteiger partial charge in [0.1, 0.15) is 23.8 Å². The Kier molecular flexibility index (Phi) is 5.36. The monoisotopic (exact) mass is 430 g/mol. The molecule has 0 unspecified atom stereocenters. The number of aromatic nitrogens is 1. The van der Waals surface area contributed by atoms with Gasteiger partial charge in [-0.15, -0.1) is 0 Å². The summed E-state index contributed by atoms with van der Waals surface area (Å²) in [5, 5.41) is 1.41. The molecule has 0 saturated heterocycles. The lowest BCUT2D eigenvalue weighted by Gasteiger charge is -2.30. The first-order valence-electron chi connectivity index (χ1n) is 9.88. The highest BCUT2D eigenvalue weighted by molar-refractivity contribution is 6.30. The second kappa shape index (κ2) is 7.84. The Balaban J connectivity index is 1.56. The van der Waals surface area contributed by atoms with Gasteiger partial charge in [0, 0.05) is 28.2 Å². The number of nitrogens with zero attached hydrogens (tertiary/aromatic N) is 1. The minimum atomic E-state index is -0.532. The zero-order valence-electron chi connectivity index (χ0n) is 17.2. The standard InChI is InChI=1S/C23H24ClFN2O3/c1-23(2,3)30-22(28)27-10-9-16-17-5-4-6-20(21(17)26-19(16)12-27)29-13-14-7-8-15(24)11-18(14)25/h4-8,11,26H,9-10,12-13H2,1-3H3. The van der Waals surface area contributed by atoms with Crippen molar-refractivity contribution in [3.05, 3.63) is 64.1 Å². The van der Waals surface area contributed by atoms with E-state index in [9.17, 15) is 9.18 Å². The number of hydrogen-bond donors (Lipinski definition) is 1. The van der Waals surface area contributed by atoms with Crippen molar-refractivity contribution in [3.63, 3.8) is 0 Å². The molecule has 0 bridgehead atoms. The van der Waals surface area contributed by atoms with E-state index < -0.39 is 11.4 Å². The predicted octanol–water partition coefficient (Wildman–Crippen LogP) is 5.83. The van der Waals surface area contributed by atoms with Gasteiger partial charge in [-0.2, -0.15) is 0 Å². The van der Waals surface area contributed by atoms with E-state index in [1.54, 1.807) is 17.0 Å². The molecule has 2 heterocycles. The molecule has 0 saturated carbocycles. The van der Waals surface area contributed by atoms with Crippen molar-refractivity contribution in [1.29, 1.82) is 0 Å². The van der Waals surface area contributed by atoms with Gasteiger partial charge in [0.05, 0.1) is 12.1 Å². The Hall–Kier alpha value is -2.73. The summed E-state index contributed by atoms with van der Waals surface area (Å²) in [5.74, 6) is 0.244. The van der Waals surface area contributed by atoms with Crippen LogP contribution in [0.5, 0.6) is 5.75 Å². The molecule has 1 aliphatic heterocycles. The van der Waals surface area contributed by atoms with Crippen molar-refractivity contribution < 1.29 is 18.7 Å². The highest BCUT2D eigenvalue weighted by Crippen LogP contribution is 2.33. The SMILES string of the molecule is CC(C)(C)OC(=O)N1CCc2c([nH]c3c(OCc4ccc(Cl)cc4F)cccc23)C1. The second-order valence-corrected chi connectivity index (χ2v) is 8.87. The number of nitrogens with one attached hydrogen (secondary N) is 1. The van der Waals surface area contributed by atoms with Gasteiger partial charge in [0.2, 0.25) is 0 Å². The van der Waals surface area contributed by atoms with E-state index in [0.29, 0.717) is 29.4 Å². The number of amides is 1. The molecular weight excluding hydrogens is 407 g/mol. The maximum atomic E-state index is 14.1. The lowest BCUT2D eigenvalue weighted by molar-refractivity contribution is 0.0222. The van der Waals surface area contributed by atoms with E-state index in [0.717, 1.165) is 23.0 Å². The number of ether oxygens (including phenoxy) is 2. The Morgan fingerprint density at radius 2 is 2.07 bits per heavy atom. The molecule has 30 heavy (non-hydrogen) atoms. The number of hydrogen-bond acceptors (Lipinski definition) is 3. The summed E-state index contributed by atoms with van der Waals surface area (Å²) in [6.07, 6.45) is 0.408. The molecule has 0 radical (unpaired) electrons. The first-order chi connectivity index (χ1) is 14.2. The number of para-hydroxylation sites is 1. The van der Waals surface area contributed by atoms with E-state index in [1.807, 2.05) is 39.0 Å². The molecule has 0 aliphatic carbocycles. The molecule has 2 aromatic carbocycles. The van der Waals surface area contributed by atoms with Crippen LogP contribution in [0.4, 0.5) is 9.18 Å². The normalized spacial score (nSPS) is 14.0. The Labute approximate surface area is 179 Å². The number of benzene rings is 2. The molecule has 1 aromatic heterocycles. The minimum absolute atomic E-state index is 0.0931. The maximum Gasteiger partial charge on any atom is 0.410 e. The summed E-state index contributed by atoms with van der Waals surface area (Å²) in [4.78, 5) is 17.5. The fourth-order valence-corrected chi connectivity index (χ4v) is 3.79. The zero-order valence-corrected chi connectivity index (χ0v) is 18.0. The zero-order chi connectivity index (χ0) is 21.5. The Bertz CT molecular complexity index is 1100. The lowest BCUT2D eigenvalue weighted by Crippen LogP contribution is -2.39. The van der Waals surface area contributed by atoms with E-state index in [1.165, 1.54) is 11.6 Å². The average Bonchev–Trinajstić information content (AvgIpc) is 3.04. The van der Waals surface area contributed by atoms with Gasteiger partial charge in [-0.25, -0.2) is 9.18 Å². The van der Waals surface area contributed by atoms with E-state index in [2.05, 4.69) is 4.98 Å². The van der Waals surface area contributed by atoms with Gasteiger partial charge >= 0.3 is 6.09 Å². The van der Waals surface area contributed by atoms with Crippen LogP contribution in [0.15, 0.2) is 36.4 Å². The summed E-state index contributed by atoms with van der Waals surface area (Å²) >= 11 is 5.82. The molecule has 158 valence electrons. The number of carbonyl (C=O) groups excluding carboxylic acids is 1. The lowest BCUT2D eigenvalue weighted by atomic mass is 10.0. The molecule has 0 spiro atoms. The molecule has 1 aliphatic rings. The van der Waals surface area contributed by atoms with Crippen LogP contribution < -0.4 is 4.74 Å². The summed E-state index contributed by atoms with van der Waals surface area (Å²) in [5.41, 5.74) is 2.89. The summed E-state index contributed by atoms with van der Waals surface area (Å²) < 4.78 is 25.5. The van der Waals surface area contributed by atoms with Crippen molar-refractivity contribution in [3.8, 4) is 5.75 Å². The van der Waals surface area contributed by atoms with Crippen LogP contribution in [-0.2, 0) is 24.3 Å².